The van der Waals surface area contributed by atoms with E-state index in [1.54, 1.807) is 4.90 Å². The predicted molar refractivity (Wildman–Crippen MR) is 99.8 cm³/mol. The molecule has 0 radical (unpaired) electrons. The summed E-state index contributed by atoms with van der Waals surface area (Å²) in [6.45, 7) is 10.2. The normalized spacial score (nSPS) is 22.6. The zero-order valence-electron chi connectivity index (χ0n) is 15.3. The largest absolute Gasteiger partial charge is 0.396 e. The van der Waals surface area contributed by atoms with Crippen molar-refractivity contribution in [3.63, 3.8) is 0 Å². The SMILES string of the molecule is CC(C)N1CCN(Cc2ccc(N3CCNC3=O)cc2)CC1CCO. The summed E-state index contributed by atoms with van der Waals surface area (Å²) in [6, 6.07) is 9.25. The van der Waals surface area contributed by atoms with E-state index in [0.29, 0.717) is 18.6 Å². The number of hydrogen-bond donors (Lipinski definition) is 2. The van der Waals surface area contributed by atoms with E-state index in [4.69, 9.17) is 0 Å². The fraction of sp³-hybridized carbons (Fsp3) is 0.632. The summed E-state index contributed by atoms with van der Waals surface area (Å²) in [5, 5.41) is 12.2. The van der Waals surface area contributed by atoms with Gasteiger partial charge in [-0.3, -0.25) is 14.7 Å². The lowest BCUT2D eigenvalue weighted by atomic mass is 10.1. The standard InChI is InChI=1S/C19H30N4O2/c1-15(2)22-11-10-21(14-18(22)7-12-24)13-16-3-5-17(6-4-16)23-9-8-20-19(23)25/h3-6,15,18,24H,7-14H2,1-2H3,(H,20,25). The minimum atomic E-state index is -0.00981. The Bertz CT molecular complexity index is 575. The molecule has 2 aliphatic rings. The number of carbonyl (C=O) groups is 1. The third-order valence-electron chi connectivity index (χ3n) is 5.25. The molecular weight excluding hydrogens is 316 g/mol. The van der Waals surface area contributed by atoms with Gasteiger partial charge in [-0.1, -0.05) is 12.1 Å². The molecule has 25 heavy (non-hydrogen) atoms. The quantitative estimate of drug-likeness (QED) is 0.819. The number of amides is 2. The lowest BCUT2D eigenvalue weighted by Gasteiger charge is -2.43. The summed E-state index contributed by atoms with van der Waals surface area (Å²) < 4.78 is 0. The van der Waals surface area contributed by atoms with Gasteiger partial charge in [0.25, 0.3) is 0 Å². The Labute approximate surface area is 150 Å². The molecule has 2 saturated heterocycles. The summed E-state index contributed by atoms with van der Waals surface area (Å²) in [6.07, 6.45) is 0.831. The fourth-order valence-electron chi connectivity index (χ4n) is 3.92. The minimum absolute atomic E-state index is 0.00981. The van der Waals surface area contributed by atoms with E-state index in [2.05, 4.69) is 41.1 Å². The van der Waals surface area contributed by atoms with Crippen molar-refractivity contribution < 1.29 is 9.90 Å². The number of benzene rings is 1. The predicted octanol–water partition coefficient (Wildman–Crippen LogP) is 1.49. The molecule has 0 spiro atoms. The number of hydrogen-bond acceptors (Lipinski definition) is 4. The van der Waals surface area contributed by atoms with Gasteiger partial charge < -0.3 is 10.4 Å². The zero-order valence-corrected chi connectivity index (χ0v) is 15.3. The van der Waals surface area contributed by atoms with Gasteiger partial charge in [-0.2, -0.15) is 0 Å². The second-order valence-electron chi connectivity index (χ2n) is 7.28. The number of nitrogens with zero attached hydrogens (tertiary/aromatic N) is 3. The highest BCUT2D eigenvalue weighted by Crippen LogP contribution is 2.21. The monoisotopic (exact) mass is 346 g/mol. The number of rotatable bonds is 6. The molecule has 2 N–H and O–H groups in total. The zero-order chi connectivity index (χ0) is 17.8. The van der Waals surface area contributed by atoms with Gasteiger partial charge in [-0.25, -0.2) is 4.79 Å². The first-order valence-corrected chi connectivity index (χ1v) is 9.31. The van der Waals surface area contributed by atoms with Crippen molar-refractivity contribution in [1.29, 1.82) is 0 Å². The molecule has 1 aromatic rings. The highest BCUT2D eigenvalue weighted by atomic mass is 16.3. The van der Waals surface area contributed by atoms with E-state index >= 15 is 0 Å². The Morgan fingerprint density at radius 2 is 1.96 bits per heavy atom. The van der Waals surface area contributed by atoms with Crippen LogP contribution in [0.3, 0.4) is 0 Å². The summed E-state index contributed by atoms with van der Waals surface area (Å²) in [7, 11) is 0. The van der Waals surface area contributed by atoms with Crippen LogP contribution in [0.1, 0.15) is 25.8 Å². The lowest BCUT2D eigenvalue weighted by molar-refractivity contribution is 0.0349. The fourth-order valence-corrected chi connectivity index (χ4v) is 3.92. The van der Waals surface area contributed by atoms with Gasteiger partial charge in [0.1, 0.15) is 0 Å². The van der Waals surface area contributed by atoms with Crippen LogP contribution in [-0.4, -0.2) is 72.4 Å². The number of anilines is 1. The molecule has 0 saturated carbocycles. The van der Waals surface area contributed by atoms with Crippen molar-refractivity contribution >= 4 is 11.7 Å². The highest BCUT2D eigenvalue weighted by Gasteiger charge is 2.28. The van der Waals surface area contributed by atoms with E-state index < -0.39 is 0 Å². The van der Waals surface area contributed by atoms with Crippen LogP contribution < -0.4 is 10.2 Å². The molecule has 2 heterocycles. The summed E-state index contributed by atoms with van der Waals surface area (Å²) in [5.74, 6) is 0. The van der Waals surface area contributed by atoms with E-state index in [-0.39, 0.29) is 12.6 Å². The molecule has 3 rings (SSSR count). The Hall–Kier alpha value is -1.63. The number of urea groups is 1. The van der Waals surface area contributed by atoms with Crippen molar-refractivity contribution in [2.75, 3.05) is 44.2 Å². The molecule has 0 aromatic heterocycles. The second-order valence-corrected chi connectivity index (χ2v) is 7.28. The van der Waals surface area contributed by atoms with Crippen LogP contribution in [0.2, 0.25) is 0 Å². The average molecular weight is 346 g/mol. The maximum absolute atomic E-state index is 11.7. The average Bonchev–Trinajstić information content (AvgIpc) is 3.02. The topological polar surface area (TPSA) is 59.0 Å². The Balaban J connectivity index is 1.59. The smallest absolute Gasteiger partial charge is 0.321 e. The molecule has 6 heteroatoms. The Morgan fingerprint density at radius 1 is 1.20 bits per heavy atom. The number of aliphatic hydroxyl groups excluding tert-OH is 1. The molecule has 2 fully saturated rings. The summed E-state index contributed by atoms with van der Waals surface area (Å²) >= 11 is 0. The third-order valence-corrected chi connectivity index (χ3v) is 5.25. The van der Waals surface area contributed by atoms with Gasteiger partial charge in [0.2, 0.25) is 0 Å². The minimum Gasteiger partial charge on any atom is -0.396 e. The molecule has 1 atom stereocenters. The second kappa shape index (κ2) is 8.17. The van der Waals surface area contributed by atoms with Crippen LogP contribution >= 0.6 is 0 Å². The van der Waals surface area contributed by atoms with Gasteiger partial charge >= 0.3 is 6.03 Å². The van der Waals surface area contributed by atoms with E-state index in [0.717, 1.165) is 44.8 Å². The summed E-state index contributed by atoms with van der Waals surface area (Å²) in [4.78, 5) is 18.5. The van der Waals surface area contributed by atoms with Crippen LogP contribution in [0.4, 0.5) is 10.5 Å². The Morgan fingerprint density at radius 3 is 2.56 bits per heavy atom. The van der Waals surface area contributed by atoms with Crippen LogP contribution in [0.5, 0.6) is 0 Å². The van der Waals surface area contributed by atoms with Crippen LogP contribution in [-0.2, 0) is 6.54 Å². The first-order valence-electron chi connectivity index (χ1n) is 9.31. The lowest BCUT2D eigenvalue weighted by Crippen LogP contribution is -2.55. The van der Waals surface area contributed by atoms with Crippen LogP contribution in [0.15, 0.2) is 24.3 Å². The Kier molecular flexibility index (Phi) is 5.93. The van der Waals surface area contributed by atoms with Gasteiger partial charge in [0, 0.05) is 63.6 Å². The number of nitrogens with one attached hydrogen (secondary N) is 1. The molecule has 2 amide bonds. The van der Waals surface area contributed by atoms with Crippen molar-refractivity contribution in [1.82, 2.24) is 15.1 Å². The number of aliphatic hydroxyl groups is 1. The maximum atomic E-state index is 11.7. The van der Waals surface area contributed by atoms with Gasteiger partial charge in [0.15, 0.2) is 0 Å². The van der Waals surface area contributed by atoms with Gasteiger partial charge in [0.05, 0.1) is 0 Å². The molecule has 1 aromatic carbocycles. The molecule has 0 aliphatic carbocycles. The molecule has 2 aliphatic heterocycles. The molecule has 138 valence electrons. The highest BCUT2D eigenvalue weighted by molar-refractivity contribution is 5.93. The molecule has 1 unspecified atom stereocenters. The number of carbonyl (C=O) groups excluding carboxylic acids is 1. The van der Waals surface area contributed by atoms with E-state index in [9.17, 15) is 9.90 Å². The van der Waals surface area contributed by atoms with Crippen molar-refractivity contribution in [2.24, 2.45) is 0 Å². The van der Waals surface area contributed by atoms with Crippen molar-refractivity contribution in [3.05, 3.63) is 29.8 Å². The van der Waals surface area contributed by atoms with E-state index in [1.165, 1.54) is 5.56 Å². The van der Waals surface area contributed by atoms with Gasteiger partial charge in [-0.15, -0.1) is 0 Å². The maximum Gasteiger partial charge on any atom is 0.321 e. The first kappa shape index (κ1) is 18.2. The first-order chi connectivity index (χ1) is 12.1. The number of piperazine rings is 1. The molecule has 0 bridgehead atoms. The van der Waals surface area contributed by atoms with Crippen molar-refractivity contribution in [2.45, 2.75) is 38.9 Å². The van der Waals surface area contributed by atoms with Crippen LogP contribution in [0.25, 0.3) is 0 Å². The molecular formula is C19H30N4O2. The molecule has 6 nitrogen and oxygen atoms in total. The third kappa shape index (κ3) is 4.32. The van der Waals surface area contributed by atoms with Crippen molar-refractivity contribution in [3.8, 4) is 0 Å². The summed E-state index contributed by atoms with van der Waals surface area (Å²) in [5.41, 5.74) is 2.23. The van der Waals surface area contributed by atoms with E-state index in [1.807, 2.05) is 12.1 Å². The van der Waals surface area contributed by atoms with Gasteiger partial charge in [-0.05, 0) is 38.0 Å². The van der Waals surface area contributed by atoms with Crippen LogP contribution in [0, 0.1) is 0 Å².